The number of aliphatic hydroxyl groups is 2. The van der Waals surface area contributed by atoms with Gasteiger partial charge in [0.25, 0.3) is 0 Å². The summed E-state index contributed by atoms with van der Waals surface area (Å²) in [5, 5.41) is 19.4. The van der Waals surface area contributed by atoms with Crippen molar-refractivity contribution in [2.75, 3.05) is 0 Å². The third-order valence-corrected chi connectivity index (χ3v) is 6.24. The lowest BCUT2D eigenvalue weighted by Crippen LogP contribution is -2.27. The van der Waals surface area contributed by atoms with Gasteiger partial charge in [0.15, 0.2) is 11.6 Å². The first-order valence-corrected chi connectivity index (χ1v) is 12.3. The van der Waals surface area contributed by atoms with E-state index >= 15 is 0 Å². The first-order valence-electron chi connectivity index (χ1n) is 12.3. The number of hydrogen-bond acceptors (Lipinski definition) is 4. The van der Waals surface area contributed by atoms with Crippen LogP contribution >= 0.6 is 0 Å². The van der Waals surface area contributed by atoms with Crippen LogP contribution in [0.15, 0.2) is 41.7 Å². The van der Waals surface area contributed by atoms with Crippen molar-refractivity contribution in [2.45, 2.75) is 109 Å². The minimum atomic E-state index is -1.06. The van der Waals surface area contributed by atoms with Crippen LogP contribution in [-0.4, -0.2) is 27.9 Å². The maximum Gasteiger partial charge on any atom is 0.170 e. The highest BCUT2D eigenvalue weighted by molar-refractivity contribution is 6.21. The summed E-state index contributed by atoms with van der Waals surface area (Å²) in [4.78, 5) is 24.0. The average molecular weight is 429 g/mol. The highest BCUT2D eigenvalue weighted by Gasteiger charge is 2.30. The number of carbonyl (C=O) groups excluding carboxylic acids is 2. The maximum absolute atomic E-state index is 12.2. The van der Waals surface area contributed by atoms with Crippen LogP contribution in [0.3, 0.4) is 0 Å². The van der Waals surface area contributed by atoms with Gasteiger partial charge in [-0.05, 0) is 31.2 Å². The Balaban J connectivity index is 1.38. The summed E-state index contributed by atoms with van der Waals surface area (Å²) in [5.41, 5.74) is 1.29. The predicted molar refractivity (Wildman–Crippen MR) is 125 cm³/mol. The molecule has 0 fully saturated rings. The van der Waals surface area contributed by atoms with Crippen molar-refractivity contribution >= 4 is 11.6 Å². The summed E-state index contributed by atoms with van der Waals surface area (Å²) >= 11 is 0. The lowest BCUT2D eigenvalue weighted by Gasteiger charge is -2.18. The number of unbranched alkanes of at least 4 members (excludes halogenated alkanes) is 11. The molecule has 0 spiro atoms. The smallest absolute Gasteiger partial charge is 0.170 e. The average Bonchev–Trinajstić information content (AvgIpc) is 2.77. The van der Waals surface area contributed by atoms with E-state index in [2.05, 4.69) is 30.3 Å². The molecule has 1 atom stereocenters. The van der Waals surface area contributed by atoms with E-state index in [1.54, 1.807) is 0 Å². The van der Waals surface area contributed by atoms with Crippen LogP contribution in [0, 0.1) is 0 Å². The van der Waals surface area contributed by atoms with E-state index in [1.165, 1.54) is 69.8 Å². The van der Waals surface area contributed by atoms with Crippen LogP contribution in [0.1, 0.15) is 102 Å². The van der Waals surface area contributed by atoms with Gasteiger partial charge in [0.1, 0.15) is 17.4 Å². The van der Waals surface area contributed by atoms with Crippen LogP contribution in [0.2, 0.25) is 0 Å². The second kappa shape index (κ2) is 15.0. The summed E-state index contributed by atoms with van der Waals surface area (Å²) in [6, 6.07) is 10.7. The number of allylic oxidation sites excluding steroid dienone is 1. The number of aliphatic hydroxyl groups excluding tert-OH is 2. The van der Waals surface area contributed by atoms with E-state index in [0.29, 0.717) is 0 Å². The molecule has 0 heterocycles. The standard InChI is InChI=1S/C27H40O4/c28-23(26-24(29)20-21-25(30)27(26)31)19-15-10-8-6-4-2-1-3-5-7-9-12-16-22-17-13-11-14-18-22/h11,13-14,17-18,25,30-31H,1-10,12,15-16,19-21H2/t25-/m0/s1. The molecule has 1 aliphatic carbocycles. The Morgan fingerprint density at radius 3 is 1.90 bits per heavy atom. The quantitative estimate of drug-likeness (QED) is 0.236. The van der Waals surface area contributed by atoms with E-state index in [9.17, 15) is 19.8 Å². The third-order valence-electron chi connectivity index (χ3n) is 6.24. The Bertz CT molecular complexity index is 692. The second-order valence-corrected chi connectivity index (χ2v) is 8.89. The lowest BCUT2D eigenvalue weighted by atomic mass is 9.89. The fourth-order valence-corrected chi connectivity index (χ4v) is 4.29. The Morgan fingerprint density at radius 2 is 1.32 bits per heavy atom. The zero-order valence-electron chi connectivity index (χ0n) is 19.0. The molecule has 0 aliphatic heterocycles. The molecule has 0 aromatic heterocycles. The van der Waals surface area contributed by atoms with Gasteiger partial charge in [-0.3, -0.25) is 9.59 Å². The van der Waals surface area contributed by atoms with Gasteiger partial charge in [-0.1, -0.05) is 94.5 Å². The minimum absolute atomic E-state index is 0.139. The highest BCUT2D eigenvalue weighted by Crippen LogP contribution is 2.23. The molecule has 1 aromatic rings. The number of benzene rings is 1. The normalized spacial score (nSPS) is 16.7. The van der Waals surface area contributed by atoms with Crippen molar-refractivity contribution in [2.24, 2.45) is 0 Å². The van der Waals surface area contributed by atoms with Gasteiger partial charge in [0.2, 0.25) is 0 Å². The molecule has 0 bridgehead atoms. The molecule has 1 aliphatic rings. The van der Waals surface area contributed by atoms with E-state index in [4.69, 9.17) is 0 Å². The summed E-state index contributed by atoms with van der Waals surface area (Å²) in [5.74, 6) is -1.06. The van der Waals surface area contributed by atoms with Gasteiger partial charge in [0, 0.05) is 12.8 Å². The summed E-state index contributed by atoms with van der Waals surface area (Å²) in [6.07, 6.45) is 15.2. The summed E-state index contributed by atoms with van der Waals surface area (Å²) < 4.78 is 0. The number of carbonyl (C=O) groups is 2. The first-order chi connectivity index (χ1) is 15.1. The number of hydrogen-bond donors (Lipinski definition) is 2. The molecule has 2 N–H and O–H groups in total. The van der Waals surface area contributed by atoms with Gasteiger partial charge in [0.05, 0.1) is 0 Å². The van der Waals surface area contributed by atoms with Crippen LogP contribution < -0.4 is 0 Å². The fourth-order valence-electron chi connectivity index (χ4n) is 4.29. The highest BCUT2D eigenvalue weighted by atomic mass is 16.3. The molecule has 4 nitrogen and oxygen atoms in total. The number of Topliss-reactive ketones (excluding diaryl/α,β-unsaturated/α-hetero) is 2. The molecule has 31 heavy (non-hydrogen) atoms. The molecular weight excluding hydrogens is 388 g/mol. The Kier molecular flexibility index (Phi) is 12.2. The maximum atomic E-state index is 12.2. The van der Waals surface area contributed by atoms with E-state index < -0.39 is 11.9 Å². The zero-order chi connectivity index (χ0) is 22.3. The molecular formula is C27H40O4. The first kappa shape index (κ1) is 25.3. The van der Waals surface area contributed by atoms with Crippen molar-refractivity contribution in [3.05, 3.63) is 47.2 Å². The van der Waals surface area contributed by atoms with Gasteiger partial charge in [-0.25, -0.2) is 0 Å². The van der Waals surface area contributed by atoms with Gasteiger partial charge >= 0.3 is 0 Å². The van der Waals surface area contributed by atoms with Crippen molar-refractivity contribution < 1.29 is 19.8 Å². The van der Waals surface area contributed by atoms with Crippen LogP contribution in [0.5, 0.6) is 0 Å². The van der Waals surface area contributed by atoms with E-state index in [1.807, 2.05) is 0 Å². The largest absolute Gasteiger partial charge is 0.509 e. The zero-order valence-corrected chi connectivity index (χ0v) is 19.0. The van der Waals surface area contributed by atoms with Crippen molar-refractivity contribution in [1.29, 1.82) is 0 Å². The molecule has 172 valence electrons. The van der Waals surface area contributed by atoms with Crippen LogP contribution in [-0.2, 0) is 16.0 Å². The Morgan fingerprint density at radius 1 is 0.806 bits per heavy atom. The molecule has 1 aromatic carbocycles. The molecule has 0 amide bonds. The molecule has 4 heteroatoms. The summed E-state index contributed by atoms with van der Waals surface area (Å²) in [6.45, 7) is 0. The molecule has 0 saturated carbocycles. The minimum Gasteiger partial charge on any atom is -0.509 e. The van der Waals surface area contributed by atoms with Gasteiger partial charge in [-0.2, -0.15) is 0 Å². The third kappa shape index (κ3) is 9.82. The van der Waals surface area contributed by atoms with Crippen LogP contribution in [0.25, 0.3) is 0 Å². The monoisotopic (exact) mass is 428 g/mol. The number of rotatable bonds is 16. The molecule has 0 unspecified atom stereocenters. The van der Waals surface area contributed by atoms with Crippen LogP contribution in [0.4, 0.5) is 0 Å². The second-order valence-electron chi connectivity index (χ2n) is 8.89. The van der Waals surface area contributed by atoms with Crippen molar-refractivity contribution in [1.82, 2.24) is 0 Å². The summed E-state index contributed by atoms with van der Waals surface area (Å²) in [7, 11) is 0. The molecule has 2 rings (SSSR count). The van der Waals surface area contributed by atoms with Crippen molar-refractivity contribution in [3.63, 3.8) is 0 Å². The lowest BCUT2D eigenvalue weighted by molar-refractivity contribution is -0.123. The van der Waals surface area contributed by atoms with Gasteiger partial charge < -0.3 is 10.2 Å². The van der Waals surface area contributed by atoms with E-state index in [-0.39, 0.29) is 36.4 Å². The van der Waals surface area contributed by atoms with Crippen molar-refractivity contribution in [3.8, 4) is 0 Å². The van der Waals surface area contributed by atoms with E-state index in [0.717, 1.165) is 19.3 Å². The SMILES string of the molecule is O=C(CCCCCCCCCCCCCCc1ccccc1)C1=C(O)[C@@H](O)CCC1=O. The Hall–Kier alpha value is -1.94. The number of ketones is 2. The Labute approximate surface area is 187 Å². The fraction of sp³-hybridized carbons (Fsp3) is 0.630. The molecule has 0 saturated heterocycles. The van der Waals surface area contributed by atoms with Gasteiger partial charge in [-0.15, -0.1) is 0 Å². The molecule has 0 radical (unpaired) electrons. The number of aryl methyl sites for hydroxylation is 1. The predicted octanol–water partition coefficient (Wildman–Crippen LogP) is 6.41. The topological polar surface area (TPSA) is 74.6 Å².